The summed E-state index contributed by atoms with van der Waals surface area (Å²) in [6, 6.07) is 25.8. The first-order valence-corrected chi connectivity index (χ1v) is 8.81. The average molecular weight is 370 g/mol. The number of methoxy groups -OCH3 is 1. The third kappa shape index (κ3) is 3.78. The maximum Gasteiger partial charge on any atom is 0.261 e. The standard InChI is InChI=1S/C23H18N2O3/c1-27-19-13-11-18(12-14-19)25-23-20(15-16-7-5-6-10-21(16)28-23)22(26)24-17-8-3-2-4-9-17/h2-15H,1H3,(H,24,26). The topological polar surface area (TPSA) is 63.8 Å². The van der Waals surface area contributed by atoms with Gasteiger partial charge >= 0.3 is 0 Å². The molecule has 0 saturated carbocycles. The molecule has 4 aromatic rings. The summed E-state index contributed by atoms with van der Waals surface area (Å²) in [4.78, 5) is 17.5. The molecule has 4 rings (SSSR count). The van der Waals surface area contributed by atoms with Gasteiger partial charge in [-0.2, -0.15) is 0 Å². The van der Waals surface area contributed by atoms with Gasteiger partial charge in [-0.1, -0.05) is 36.4 Å². The number of nitrogens with zero attached hydrogens (tertiary/aromatic N) is 1. The summed E-state index contributed by atoms with van der Waals surface area (Å²) in [5.74, 6) is 0.449. The van der Waals surface area contributed by atoms with Gasteiger partial charge in [-0.3, -0.25) is 4.79 Å². The molecule has 0 unspecified atom stereocenters. The number of benzene rings is 3. The summed E-state index contributed by atoms with van der Waals surface area (Å²) < 4.78 is 11.1. The second kappa shape index (κ2) is 7.80. The highest BCUT2D eigenvalue weighted by atomic mass is 16.5. The number of carbonyl (C=O) groups is 1. The highest BCUT2D eigenvalue weighted by Crippen LogP contribution is 2.19. The number of hydrogen-bond donors (Lipinski definition) is 1. The van der Waals surface area contributed by atoms with Crippen LogP contribution in [-0.2, 0) is 0 Å². The average Bonchev–Trinajstić information content (AvgIpc) is 2.74. The Morgan fingerprint density at radius 2 is 1.64 bits per heavy atom. The van der Waals surface area contributed by atoms with Crippen LogP contribution in [0.25, 0.3) is 11.0 Å². The third-order valence-electron chi connectivity index (χ3n) is 4.24. The molecule has 0 spiro atoms. The van der Waals surface area contributed by atoms with Crippen LogP contribution in [0.5, 0.6) is 5.75 Å². The van der Waals surface area contributed by atoms with Crippen molar-refractivity contribution >= 4 is 28.3 Å². The van der Waals surface area contributed by atoms with Crippen LogP contribution in [0.3, 0.4) is 0 Å². The van der Waals surface area contributed by atoms with Crippen molar-refractivity contribution in [3.63, 3.8) is 0 Å². The molecule has 0 aliphatic carbocycles. The summed E-state index contributed by atoms with van der Waals surface area (Å²) in [5.41, 5.74) is 2.63. The monoisotopic (exact) mass is 370 g/mol. The largest absolute Gasteiger partial charge is 0.497 e. The van der Waals surface area contributed by atoms with Gasteiger partial charge in [0.2, 0.25) is 5.55 Å². The van der Waals surface area contributed by atoms with Crippen LogP contribution in [-0.4, -0.2) is 13.0 Å². The van der Waals surface area contributed by atoms with Crippen LogP contribution in [0.2, 0.25) is 0 Å². The van der Waals surface area contributed by atoms with E-state index in [0.29, 0.717) is 22.5 Å². The molecule has 0 fully saturated rings. The molecule has 1 aromatic heterocycles. The molecule has 138 valence electrons. The van der Waals surface area contributed by atoms with Gasteiger partial charge in [0.25, 0.3) is 5.91 Å². The van der Waals surface area contributed by atoms with Crippen LogP contribution in [0.1, 0.15) is 10.4 Å². The van der Waals surface area contributed by atoms with Gasteiger partial charge in [0.05, 0.1) is 12.8 Å². The quantitative estimate of drug-likeness (QED) is 0.554. The van der Waals surface area contributed by atoms with Gasteiger partial charge in [0.15, 0.2) is 0 Å². The van der Waals surface area contributed by atoms with Crippen LogP contribution in [0, 0.1) is 0 Å². The molecule has 0 bridgehead atoms. The van der Waals surface area contributed by atoms with E-state index in [-0.39, 0.29) is 11.5 Å². The second-order valence-electron chi connectivity index (χ2n) is 6.13. The molecular weight excluding hydrogens is 352 g/mol. The third-order valence-corrected chi connectivity index (χ3v) is 4.24. The zero-order valence-electron chi connectivity index (χ0n) is 15.3. The van der Waals surface area contributed by atoms with E-state index in [1.807, 2.05) is 78.9 Å². The molecule has 1 amide bonds. The molecule has 28 heavy (non-hydrogen) atoms. The molecule has 5 nitrogen and oxygen atoms in total. The number of anilines is 1. The maximum atomic E-state index is 12.9. The minimum atomic E-state index is -0.284. The Hall–Kier alpha value is -3.86. The van der Waals surface area contributed by atoms with E-state index in [1.54, 1.807) is 13.2 Å². The summed E-state index contributed by atoms with van der Waals surface area (Å²) in [5, 5.41) is 3.72. The van der Waals surface area contributed by atoms with E-state index in [2.05, 4.69) is 10.3 Å². The van der Waals surface area contributed by atoms with Gasteiger partial charge in [-0.25, -0.2) is 4.99 Å². The number of carbonyl (C=O) groups excluding carboxylic acids is 1. The molecule has 0 saturated heterocycles. The number of fused-ring (bicyclic) bond motifs is 1. The zero-order chi connectivity index (χ0) is 19.3. The fraction of sp³-hybridized carbons (Fsp3) is 0.0435. The van der Waals surface area contributed by atoms with Gasteiger partial charge in [0, 0.05) is 11.1 Å². The van der Waals surface area contributed by atoms with Gasteiger partial charge in [-0.05, 0) is 48.5 Å². The van der Waals surface area contributed by atoms with E-state index >= 15 is 0 Å². The molecule has 0 radical (unpaired) electrons. The fourth-order valence-electron chi connectivity index (χ4n) is 2.81. The lowest BCUT2D eigenvalue weighted by Gasteiger charge is -2.07. The smallest absolute Gasteiger partial charge is 0.261 e. The van der Waals surface area contributed by atoms with Crippen molar-refractivity contribution < 1.29 is 13.9 Å². The molecule has 0 atom stereocenters. The Bertz CT molecular complexity index is 1180. The van der Waals surface area contributed by atoms with Crippen molar-refractivity contribution in [1.29, 1.82) is 0 Å². The summed E-state index contributed by atoms with van der Waals surface area (Å²) in [6.07, 6.45) is 0. The van der Waals surface area contributed by atoms with E-state index in [4.69, 9.17) is 9.15 Å². The number of nitrogens with one attached hydrogen (secondary N) is 1. The van der Waals surface area contributed by atoms with Crippen molar-refractivity contribution in [1.82, 2.24) is 0 Å². The minimum Gasteiger partial charge on any atom is -0.497 e. The summed E-state index contributed by atoms with van der Waals surface area (Å²) >= 11 is 0. The normalized spacial score (nSPS) is 11.4. The predicted molar refractivity (Wildman–Crippen MR) is 109 cm³/mol. The van der Waals surface area contributed by atoms with E-state index in [0.717, 1.165) is 11.1 Å². The Labute approximate surface area is 161 Å². The van der Waals surface area contributed by atoms with Crippen molar-refractivity contribution in [3.05, 3.63) is 96.0 Å². The van der Waals surface area contributed by atoms with Crippen LogP contribution in [0.4, 0.5) is 11.4 Å². The Morgan fingerprint density at radius 1 is 0.929 bits per heavy atom. The SMILES string of the molecule is COc1ccc(N=c2oc3ccccc3cc2C(=O)Nc2ccccc2)cc1. The molecule has 1 heterocycles. The number of amides is 1. The number of para-hydroxylation sites is 2. The predicted octanol–water partition coefficient (Wildman–Crippen LogP) is 4.93. The van der Waals surface area contributed by atoms with Crippen molar-refractivity contribution in [2.24, 2.45) is 4.99 Å². The Balaban J connectivity index is 1.82. The van der Waals surface area contributed by atoms with Gasteiger partial charge < -0.3 is 14.5 Å². The fourth-order valence-corrected chi connectivity index (χ4v) is 2.81. The number of hydrogen-bond acceptors (Lipinski definition) is 4. The van der Waals surface area contributed by atoms with Crippen molar-refractivity contribution in [2.45, 2.75) is 0 Å². The lowest BCUT2D eigenvalue weighted by atomic mass is 10.1. The molecule has 3 aromatic carbocycles. The van der Waals surface area contributed by atoms with Crippen molar-refractivity contribution in [2.75, 3.05) is 12.4 Å². The highest BCUT2D eigenvalue weighted by molar-refractivity contribution is 6.05. The molecular formula is C23H18N2O3. The highest BCUT2D eigenvalue weighted by Gasteiger charge is 2.13. The number of rotatable bonds is 4. The first-order chi connectivity index (χ1) is 13.7. The molecule has 5 heteroatoms. The van der Waals surface area contributed by atoms with E-state index in [1.165, 1.54) is 0 Å². The first-order valence-electron chi connectivity index (χ1n) is 8.81. The van der Waals surface area contributed by atoms with Gasteiger partial charge in [-0.15, -0.1) is 0 Å². The van der Waals surface area contributed by atoms with Gasteiger partial charge in [0.1, 0.15) is 16.9 Å². The number of ether oxygens (including phenoxy) is 1. The molecule has 1 N–H and O–H groups in total. The first kappa shape index (κ1) is 17.5. The van der Waals surface area contributed by atoms with Crippen LogP contribution < -0.4 is 15.6 Å². The minimum absolute atomic E-state index is 0.247. The Kier molecular flexibility index (Phi) is 4.89. The van der Waals surface area contributed by atoms with Crippen molar-refractivity contribution in [3.8, 4) is 5.75 Å². The summed E-state index contributed by atoms with van der Waals surface area (Å²) in [7, 11) is 1.61. The molecule has 0 aliphatic rings. The second-order valence-corrected chi connectivity index (χ2v) is 6.13. The molecule has 0 aliphatic heterocycles. The summed E-state index contributed by atoms with van der Waals surface area (Å²) in [6.45, 7) is 0. The zero-order valence-corrected chi connectivity index (χ0v) is 15.3. The maximum absolute atomic E-state index is 12.9. The van der Waals surface area contributed by atoms with E-state index in [9.17, 15) is 4.79 Å². The van der Waals surface area contributed by atoms with Crippen LogP contribution >= 0.6 is 0 Å². The lowest BCUT2D eigenvalue weighted by molar-refractivity contribution is 0.102. The van der Waals surface area contributed by atoms with Crippen LogP contribution in [0.15, 0.2) is 94.3 Å². The van der Waals surface area contributed by atoms with E-state index < -0.39 is 0 Å². The lowest BCUT2D eigenvalue weighted by Crippen LogP contribution is -2.21. The Morgan fingerprint density at radius 3 is 2.39 bits per heavy atom.